The summed E-state index contributed by atoms with van der Waals surface area (Å²) in [6.07, 6.45) is 0. The van der Waals surface area contributed by atoms with Crippen LogP contribution in [0.2, 0.25) is 5.02 Å². The number of benzene rings is 2. The molecular formula is C20H23ClN2O2S. The molecule has 0 fully saturated rings. The molecule has 0 amide bonds. The summed E-state index contributed by atoms with van der Waals surface area (Å²) in [6.45, 7) is 8.88. The molecule has 0 spiro atoms. The van der Waals surface area contributed by atoms with Gasteiger partial charge in [-0.1, -0.05) is 37.6 Å². The van der Waals surface area contributed by atoms with E-state index in [-0.39, 0.29) is 10.6 Å². The van der Waals surface area contributed by atoms with Crippen LogP contribution in [0.4, 0.5) is 0 Å². The van der Waals surface area contributed by atoms with Crippen molar-refractivity contribution < 1.29 is 8.42 Å². The van der Waals surface area contributed by atoms with Gasteiger partial charge < -0.3 is 4.57 Å². The molecule has 0 aliphatic rings. The fourth-order valence-corrected chi connectivity index (χ4v) is 5.06. The van der Waals surface area contributed by atoms with Gasteiger partial charge in [-0.3, -0.25) is 0 Å². The van der Waals surface area contributed by atoms with E-state index in [1.165, 1.54) is 0 Å². The number of rotatable bonds is 5. The highest BCUT2D eigenvalue weighted by Gasteiger charge is 2.20. The molecule has 138 valence electrons. The highest BCUT2D eigenvalue weighted by atomic mass is 35.5. The number of nitrogens with zero attached hydrogens (tertiary/aromatic N) is 2. The molecule has 0 N–H and O–H groups in total. The largest absolute Gasteiger partial charge is 0.328 e. The highest BCUT2D eigenvalue weighted by Crippen LogP contribution is 2.27. The van der Waals surface area contributed by atoms with Gasteiger partial charge in [-0.15, -0.1) is 0 Å². The molecule has 4 nitrogen and oxygen atoms in total. The average Bonchev–Trinajstić information content (AvgIpc) is 2.84. The van der Waals surface area contributed by atoms with E-state index in [1.54, 1.807) is 25.1 Å². The molecule has 2 aromatic carbocycles. The third kappa shape index (κ3) is 3.64. The molecule has 3 aromatic rings. The van der Waals surface area contributed by atoms with Gasteiger partial charge in [0, 0.05) is 11.6 Å². The lowest BCUT2D eigenvalue weighted by molar-refractivity contribution is 0.524. The number of imidazole rings is 1. The molecule has 6 heteroatoms. The van der Waals surface area contributed by atoms with Crippen molar-refractivity contribution in [3.63, 3.8) is 0 Å². The molecule has 0 aliphatic heterocycles. The number of halogens is 1. The van der Waals surface area contributed by atoms with Gasteiger partial charge >= 0.3 is 0 Å². The first kappa shape index (κ1) is 18.9. The number of fused-ring (bicyclic) bond motifs is 1. The Kier molecular flexibility index (Phi) is 5.13. The quantitative estimate of drug-likeness (QED) is 0.620. The molecule has 3 rings (SSSR count). The molecule has 1 aromatic heterocycles. The zero-order valence-electron chi connectivity index (χ0n) is 15.5. The second-order valence-corrected chi connectivity index (χ2v) is 9.47. The van der Waals surface area contributed by atoms with E-state index in [1.807, 2.05) is 25.1 Å². The van der Waals surface area contributed by atoms with E-state index in [9.17, 15) is 8.42 Å². The Morgan fingerprint density at radius 1 is 1.15 bits per heavy atom. The third-order valence-electron chi connectivity index (χ3n) is 4.46. The van der Waals surface area contributed by atoms with Crippen molar-refractivity contribution in [2.45, 2.75) is 44.9 Å². The second-order valence-electron chi connectivity index (χ2n) is 7.11. The lowest BCUT2D eigenvalue weighted by Crippen LogP contribution is -2.08. The topological polar surface area (TPSA) is 52.0 Å². The summed E-state index contributed by atoms with van der Waals surface area (Å²) < 4.78 is 27.9. The van der Waals surface area contributed by atoms with Crippen molar-refractivity contribution in [2.75, 3.05) is 0 Å². The van der Waals surface area contributed by atoms with Crippen LogP contribution in [0.3, 0.4) is 0 Å². The van der Waals surface area contributed by atoms with Crippen LogP contribution in [0.1, 0.15) is 30.8 Å². The number of hydrogen-bond donors (Lipinski definition) is 0. The van der Waals surface area contributed by atoms with Gasteiger partial charge in [0.1, 0.15) is 5.82 Å². The lowest BCUT2D eigenvalue weighted by atomic mass is 10.2. The molecule has 0 unspecified atom stereocenters. The number of aromatic nitrogens is 2. The van der Waals surface area contributed by atoms with Gasteiger partial charge in [-0.05, 0) is 55.2 Å². The van der Waals surface area contributed by atoms with Gasteiger partial charge in [-0.2, -0.15) is 0 Å². The molecule has 0 saturated carbocycles. The van der Waals surface area contributed by atoms with Crippen LogP contribution in [0, 0.1) is 19.8 Å². The van der Waals surface area contributed by atoms with Gasteiger partial charge in [0.25, 0.3) is 0 Å². The summed E-state index contributed by atoms with van der Waals surface area (Å²) in [5, 5.41) is 0.465. The van der Waals surface area contributed by atoms with E-state index in [4.69, 9.17) is 11.6 Å². The first-order valence-electron chi connectivity index (χ1n) is 8.62. The fourth-order valence-electron chi connectivity index (χ4n) is 3.20. The highest BCUT2D eigenvalue weighted by molar-refractivity contribution is 7.90. The fraction of sp³-hybridized carbons (Fsp3) is 0.350. The van der Waals surface area contributed by atoms with Crippen LogP contribution in [0.25, 0.3) is 11.0 Å². The van der Waals surface area contributed by atoms with Gasteiger partial charge in [0.2, 0.25) is 0 Å². The molecular weight excluding hydrogens is 368 g/mol. The van der Waals surface area contributed by atoms with Gasteiger partial charge in [0.05, 0.1) is 21.7 Å². The Hall–Kier alpha value is -1.85. The third-order valence-corrected chi connectivity index (χ3v) is 6.70. The molecule has 1 heterocycles. The predicted octanol–water partition coefficient (Wildman–Crippen LogP) is 4.94. The van der Waals surface area contributed by atoms with Crippen molar-refractivity contribution in [3.8, 4) is 0 Å². The minimum atomic E-state index is -3.48. The molecule has 0 atom stereocenters. The van der Waals surface area contributed by atoms with E-state index >= 15 is 0 Å². The summed E-state index contributed by atoms with van der Waals surface area (Å²) in [5.41, 5.74) is 3.22. The summed E-state index contributed by atoms with van der Waals surface area (Å²) >= 11 is 6.10. The zero-order chi connectivity index (χ0) is 19.1. The SMILES string of the molecule is Cc1c(Cl)cccc1S(=O)(=O)Cc1ccc2nc(C)n(CC(C)C)c2c1. The standard InChI is InChI=1S/C20H23ClN2O2S/c1-13(2)11-23-15(4)22-18-9-8-16(10-19(18)23)12-26(24,25)20-7-5-6-17(21)14(20)3/h5-10,13H,11-12H2,1-4H3. The first-order valence-corrected chi connectivity index (χ1v) is 10.7. The Labute approximate surface area is 159 Å². The smallest absolute Gasteiger partial charge is 0.182 e. The second kappa shape index (κ2) is 7.05. The number of hydrogen-bond acceptors (Lipinski definition) is 3. The van der Waals surface area contributed by atoms with Crippen molar-refractivity contribution in [1.29, 1.82) is 0 Å². The maximum atomic E-state index is 12.9. The van der Waals surface area contributed by atoms with E-state index in [0.29, 0.717) is 16.5 Å². The van der Waals surface area contributed by atoms with Crippen LogP contribution >= 0.6 is 11.6 Å². The summed E-state index contributed by atoms with van der Waals surface area (Å²) in [4.78, 5) is 4.87. The first-order chi connectivity index (χ1) is 12.2. The van der Waals surface area contributed by atoms with Crippen LogP contribution in [0.5, 0.6) is 0 Å². The van der Waals surface area contributed by atoms with Gasteiger partial charge in [-0.25, -0.2) is 13.4 Å². The molecule has 0 radical (unpaired) electrons. The minimum absolute atomic E-state index is 0.0595. The summed E-state index contributed by atoms with van der Waals surface area (Å²) in [7, 11) is -3.48. The number of sulfone groups is 1. The van der Waals surface area contributed by atoms with Crippen LogP contribution < -0.4 is 0 Å². The maximum Gasteiger partial charge on any atom is 0.182 e. The Bertz CT molecular complexity index is 1070. The van der Waals surface area contributed by atoms with E-state index < -0.39 is 9.84 Å². The van der Waals surface area contributed by atoms with E-state index in [0.717, 1.165) is 29.0 Å². The molecule has 26 heavy (non-hydrogen) atoms. The van der Waals surface area contributed by atoms with E-state index in [2.05, 4.69) is 23.4 Å². The molecule has 0 aliphatic carbocycles. The van der Waals surface area contributed by atoms with Crippen molar-refractivity contribution in [3.05, 3.63) is 58.4 Å². The summed E-state index contributed by atoms with van der Waals surface area (Å²) in [5.74, 6) is 1.36. The summed E-state index contributed by atoms with van der Waals surface area (Å²) in [6, 6.07) is 10.7. The van der Waals surface area contributed by atoms with Crippen molar-refractivity contribution >= 4 is 32.5 Å². The van der Waals surface area contributed by atoms with Crippen molar-refractivity contribution in [1.82, 2.24) is 9.55 Å². The monoisotopic (exact) mass is 390 g/mol. The Morgan fingerprint density at radius 3 is 2.58 bits per heavy atom. The Morgan fingerprint density at radius 2 is 1.88 bits per heavy atom. The predicted molar refractivity (Wildman–Crippen MR) is 106 cm³/mol. The zero-order valence-corrected chi connectivity index (χ0v) is 17.0. The minimum Gasteiger partial charge on any atom is -0.328 e. The molecule has 0 bridgehead atoms. The van der Waals surface area contributed by atoms with Gasteiger partial charge in [0.15, 0.2) is 9.84 Å². The Balaban J connectivity index is 2.02. The number of aryl methyl sites for hydroxylation is 1. The maximum absolute atomic E-state index is 12.9. The van der Waals surface area contributed by atoms with Crippen LogP contribution in [0.15, 0.2) is 41.3 Å². The van der Waals surface area contributed by atoms with Crippen molar-refractivity contribution in [2.24, 2.45) is 5.92 Å². The van der Waals surface area contributed by atoms with Crippen LogP contribution in [-0.2, 0) is 22.1 Å². The van der Waals surface area contributed by atoms with Crippen LogP contribution in [-0.4, -0.2) is 18.0 Å². The normalized spacial score (nSPS) is 12.2. The molecule has 0 saturated heterocycles. The average molecular weight is 391 g/mol. The lowest BCUT2D eigenvalue weighted by Gasteiger charge is -2.11.